The number of rotatable bonds is 7. The Morgan fingerprint density at radius 1 is 1.03 bits per heavy atom. The van der Waals surface area contributed by atoms with E-state index in [4.69, 9.17) is 10.5 Å². The van der Waals surface area contributed by atoms with Crippen molar-refractivity contribution in [2.75, 3.05) is 11.9 Å². The molecule has 4 aromatic rings. The molecule has 0 spiro atoms. The number of aromatic nitrogens is 3. The molecule has 0 unspecified atom stereocenters. The number of hydrogen-bond acceptors (Lipinski definition) is 6. The van der Waals surface area contributed by atoms with Crippen molar-refractivity contribution in [3.8, 4) is 17.1 Å². The minimum absolute atomic E-state index is 0.190. The van der Waals surface area contributed by atoms with E-state index >= 15 is 0 Å². The highest BCUT2D eigenvalue weighted by Gasteiger charge is 2.14. The lowest BCUT2D eigenvalue weighted by Crippen LogP contribution is -2.13. The van der Waals surface area contributed by atoms with Gasteiger partial charge in [-0.05, 0) is 48.9 Å². The molecule has 3 N–H and O–H groups in total. The van der Waals surface area contributed by atoms with Crippen molar-refractivity contribution >= 4 is 22.9 Å². The molecule has 32 heavy (non-hydrogen) atoms. The summed E-state index contributed by atoms with van der Waals surface area (Å²) in [7, 11) is 0. The molecule has 0 fully saturated rings. The number of fused-ring (bicyclic) bond motifs is 1. The standard InChI is InChI=1S/C23H19F2N5O2/c1-2-32-22-20-19(29-23(30-22)27-12-13-3-6-15(24)7-4-13)10-9-18(28-20)14-5-8-16(21(26)31)17(25)11-14/h3-11H,2,12H2,1H3,(H2,26,31)(H,27,29,30). The Morgan fingerprint density at radius 3 is 2.50 bits per heavy atom. The van der Waals surface area contributed by atoms with Crippen LogP contribution in [0.4, 0.5) is 14.7 Å². The van der Waals surface area contributed by atoms with Crippen molar-refractivity contribution in [1.29, 1.82) is 0 Å². The number of hydrogen-bond donors (Lipinski definition) is 2. The number of pyridine rings is 1. The van der Waals surface area contributed by atoms with Crippen LogP contribution in [0.25, 0.3) is 22.3 Å². The SMILES string of the molecule is CCOc1nc(NCc2ccc(F)cc2)nc2ccc(-c3ccc(C(N)=O)c(F)c3)nc12. The molecule has 0 saturated heterocycles. The number of nitrogens with zero attached hydrogens (tertiary/aromatic N) is 3. The Morgan fingerprint density at radius 2 is 1.81 bits per heavy atom. The number of carbonyl (C=O) groups is 1. The molecule has 0 aliphatic rings. The molecule has 9 heteroatoms. The molecular weight excluding hydrogens is 416 g/mol. The summed E-state index contributed by atoms with van der Waals surface area (Å²) in [5.74, 6) is -1.26. The topological polar surface area (TPSA) is 103 Å². The molecule has 0 saturated carbocycles. The Bertz CT molecular complexity index is 1300. The minimum atomic E-state index is -0.840. The summed E-state index contributed by atoms with van der Waals surface area (Å²) in [6.45, 7) is 2.58. The van der Waals surface area contributed by atoms with E-state index in [0.717, 1.165) is 5.56 Å². The largest absolute Gasteiger partial charge is 0.476 e. The number of nitrogens with one attached hydrogen (secondary N) is 1. The molecule has 7 nitrogen and oxygen atoms in total. The predicted molar refractivity (Wildman–Crippen MR) is 116 cm³/mol. The molecule has 4 rings (SSSR count). The van der Waals surface area contributed by atoms with E-state index in [1.165, 1.54) is 24.3 Å². The molecule has 1 amide bonds. The third-order valence-electron chi connectivity index (χ3n) is 4.69. The fraction of sp³-hybridized carbons (Fsp3) is 0.130. The number of benzene rings is 2. The van der Waals surface area contributed by atoms with Crippen LogP contribution in [0.5, 0.6) is 5.88 Å². The molecule has 162 valence electrons. The maximum atomic E-state index is 14.2. The molecule has 0 radical (unpaired) electrons. The van der Waals surface area contributed by atoms with Crippen LogP contribution in [0.2, 0.25) is 0 Å². The van der Waals surface area contributed by atoms with Gasteiger partial charge in [0.15, 0.2) is 5.52 Å². The zero-order chi connectivity index (χ0) is 22.7. The summed E-state index contributed by atoms with van der Waals surface area (Å²) in [4.78, 5) is 24.7. The van der Waals surface area contributed by atoms with Gasteiger partial charge in [0.25, 0.3) is 5.91 Å². The third kappa shape index (κ3) is 4.46. The Hall–Kier alpha value is -4.14. The van der Waals surface area contributed by atoms with E-state index < -0.39 is 11.7 Å². The van der Waals surface area contributed by atoms with Crippen LogP contribution in [-0.4, -0.2) is 27.5 Å². The van der Waals surface area contributed by atoms with Gasteiger partial charge in [0.05, 0.1) is 23.4 Å². The van der Waals surface area contributed by atoms with Gasteiger partial charge in [0.2, 0.25) is 11.8 Å². The monoisotopic (exact) mass is 435 g/mol. The average Bonchev–Trinajstić information content (AvgIpc) is 2.78. The second kappa shape index (κ2) is 8.93. The maximum absolute atomic E-state index is 14.2. The van der Waals surface area contributed by atoms with E-state index in [1.807, 2.05) is 6.92 Å². The van der Waals surface area contributed by atoms with Gasteiger partial charge in [-0.25, -0.2) is 18.7 Å². The summed E-state index contributed by atoms with van der Waals surface area (Å²) in [5, 5.41) is 3.10. The first-order valence-corrected chi connectivity index (χ1v) is 9.84. The summed E-state index contributed by atoms with van der Waals surface area (Å²) >= 11 is 0. The van der Waals surface area contributed by atoms with Gasteiger partial charge in [-0.15, -0.1) is 0 Å². The predicted octanol–water partition coefficient (Wildman–Crippen LogP) is 4.08. The molecule has 0 aliphatic heterocycles. The van der Waals surface area contributed by atoms with Crippen molar-refractivity contribution in [2.45, 2.75) is 13.5 Å². The van der Waals surface area contributed by atoms with Gasteiger partial charge < -0.3 is 15.8 Å². The van der Waals surface area contributed by atoms with Crippen molar-refractivity contribution < 1.29 is 18.3 Å². The van der Waals surface area contributed by atoms with Crippen molar-refractivity contribution in [3.63, 3.8) is 0 Å². The number of amides is 1. The number of anilines is 1. The lowest BCUT2D eigenvalue weighted by Gasteiger charge is -2.11. The fourth-order valence-corrected chi connectivity index (χ4v) is 3.12. The maximum Gasteiger partial charge on any atom is 0.251 e. The van der Waals surface area contributed by atoms with E-state index in [2.05, 4.69) is 20.3 Å². The average molecular weight is 435 g/mol. The quantitative estimate of drug-likeness (QED) is 0.453. The van der Waals surface area contributed by atoms with Gasteiger partial charge in [0, 0.05) is 12.1 Å². The highest BCUT2D eigenvalue weighted by molar-refractivity contribution is 5.93. The zero-order valence-electron chi connectivity index (χ0n) is 17.1. The summed E-state index contributed by atoms with van der Waals surface area (Å²) in [6, 6.07) is 13.6. The summed E-state index contributed by atoms with van der Waals surface area (Å²) in [5.41, 5.74) is 7.71. The number of carbonyl (C=O) groups excluding carboxylic acids is 1. The van der Waals surface area contributed by atoms with E-state index in [9.17, 15) is 13.6 Å². The first kappa shape index (κ1) is 21.1. The first-order valence-electron chi connectivity index (χ1n) is 9.84. The number of primary amides is 1. The Kier molecular flexibility index (Phi) is 5.89. The molecule has 0 atom stereocenters. The van der Waals surface area contributed by atoms with Gasteiger partial charge in [-0.3, -0.25) is 4.79 Å². The molecule has 2 aromatic heterocycles. The van der Waals surface area contributed by atoms with Crippen LogP contribution in [0.3, 0.4) is 0 Å². The second-order valence-electron chi connectivity index (χ2n) is 6.89. The van der Waals surface area contributed by atoms with Gasteiger partial charge in [-0.2, -0.15) is 4.98 Å². The minimum Gasteiger partial charge on any atom is -0.476 e. The fourth-order valence-electron chi connectivity index (χ4n) is 3.12. The summed E-state index contributed by atoms with van der Waals surface area (Å²) in [6.07, 6.45) is 0. The number of halogens is 2. The van der Waals surface area contributed by atoms with Gasteiger partial charge in [-0.1, -0.05) is 18.2 Å². The van der Waals surface area contributed by atoms with Crippen LogP contribution in [0, 0.1) is 11.6 Å². The van der Waals surface area contributed by atoms with E-state index in [0.29, 0.717) is 41.4 Å². The van der Waals surface area contributed by atoms with Crippen LogP contribution < -0.4 is 15.8 Å². The van der Waals surface area contributed by atoms with Crippen LogP contribution in [0.15, 0.2) is 54.6 Å². The molecule has 0 bridgehead atoms. The normalized spacial score (nSPS) is 10.8. The van der Waals surface area contributed by atoms with E-state index in [-0.39, 0.29) is 17.3 Å². The molecule has 0 aliphatic carbocycles. The van der Waals surface area contributed by atoms with Crippen LogP contribution >= 0.6 is 0 Å². The Labute approximate surface area is 182 Å². The highest BCUT2D eigenvalue weighted by Crippen LogP contribution is 2.27. The van der Waals surface area contributed by atoms with Crippen molar-refractivity contribution in [2.24, 2.45) is 5.73 Å². The van der Waals surface area contributed by atoms with Crippen molar-refractivity contribution in [3.05, 3.63) is 77.4 Å². The van der Waals surface area contributed by atoms with Crippen LogP contribution in [-0.2, 0) is 6.54 Å². The first-order chi connectivity index (χ1) is 15.4. The van der Waals surface area contributed by atoms with Gasteiger partial charge in [0.1, 0.15) is 11.6 Å². The Balaban J connectivity index is 1.67. The smallest absolute Gasteiger partial charge is 0.251 e. The number of ether oxygens (including phenoxy) is 1. The molecule has 2 aromatic carbocycles. The van der Waals surface area contributed by atoms with Gasteiger partial charge >= 0.3 is 0 Å². The third-order valence-corrected chi connectivity index (χ3v) is 4.69. The number of nitrogens with two attached hydrogens (primary N) is 1. The lowest BCUT2D eigenvalue weighted by molar-refractivity contribution is 0.0996. The van der Waals surface area contributed by atoms with Crippen molar-refractivity contribution in [1.82, 2.24) is 15.0 Å². The second-order valence-corrected chi connectivity index (χ2v) is 6.89. The lowest BCUT2D eigenvalue weighted by atomic mass is 10.1. The zero-order valence-corrected chi connectivity index (χ0v) is 17.1. The summed E-state index contributed by atoms with van der Waals surface area (Å²) < 4.78 is 32.9. The molecular formula is C23H19F2N5O2. The van der Waals surface area contributed by atoms with Crippen LogP contribution in [0.1, 0.15) is 22.8 Å². The molecule has 2 heterocycles. The van der Waals surface area contributed by atoms with E-state index in [1.54, 1.807) is 30.3 Å². The highest BCUT2D eigenvalue weighted by atomic mass is 19.1.